The van der Waals surface area contributed by atoms with E-state index in [9.17, 15) is 0 Å². The van der Waals surface area contributed by atoms with E-state index in [1.807, 2.05) is 27.7 Å². The summed E-state index contributed by atoms with van der Waals surface area (Å²) >= 11 is 0. The molecule has 0 fully saturated rings. The van der Waals surface area contributed by atoms with Crippen molar-refractivity contribution in [1.82, 2.24) is 9.97 Å². The van der Waals surface area contributed by atoms with E-state index in [4.69, 9.17) is 10.5 Å². The van der Waals surface area contributed by atoms with Crippen LogP contribution in [-0.2, 0) is 0 Å². The Balaban J connectivity index is 3.16. The van der Waals surface area contributed by atoms with Crippen LogP contribution in [0.2, 0.25) is 0 Å². The maximum Gasteiger partial charge on any atom is 0.242 e. The van der Waals surface area contributed by atoms with Crippen molar-refractivity contribution in [3.8, 4) is 5.88 Å². The Bertz CT molecular complexity index is 325. The molecule has 0 aliphatic heterocycles. The molecule has 5 nitrogen and oxygen atoms in total. The number of anilines is 2. The predicted octanol–water partition coefficient (Wildman–Crippen LogP) is 2.01. The molecule has 0 saturated heterocycles. The molecular formula is C11H20N4O. The monoisotopic (exact) mass is 224 g/mol. The number of hydrogen-bond acceptors (Lipinski definition) is 5. The molecule has 0 aromatic carbocycles. The number of hydrogen-bond donors (Lipinski definition) is 2. The maximum absolute atomic E-state index is 5.91. The van der Waals surface area contributed by atoms with E-state index < -0.39 is 0 Å². The molecule has 0 aliphatic rings. The second-order valence-electron chi connectivity index (χ2n) is 3.77. The number of nitrogens with zero attached hydrogens (tertiary/aromatic N) is 2. The van der Waals surface area contributed by atoms with Crippen molar-refractivity contribution in [3.63, 3.8) is 0 Å². The lowest BCUT2D eigenvalue weighted by Gasteiger charge is -2.14. The minimum atomic E-state index is 0.247. The molecule has 1 rings (SSSR count). The first-order valence-corrected chi connectivity index (χ1v) is 5.64. The van der Waals surface area contributed by atoms with Gasteiger partial charge >= 0.3 is 0 Å². The summed E-state index contributed by atoms with van der Waals surface area (Å²) in [7, 11) is 0. The normalized spacial score (nSPS) is 10.6. The van der Waals surface area contributed by atoms with Gasteiger partial charge in [0.25, 0.3) is 0 Å². The van der Waals surface area contributed by atoms with Gasteiger partial charge in [-0.15, -0.1) is 0 Å². The number of rotatable bonds is 5. The average Bonchev–Trinajstić information content (AvgIpc) is 2.24. The van der Waals surface area contributed by atoms with E-state index in [-0.39, 0.29) is 5.92 Å². The lowest BCUT2D eigenvalue weighted by Crippen LogP contribution is -2.11. The summed E-state index contributed by atoms with van der Waals surface area (Å²) < 4.78 is 5.40. The van der Waals surface area contributed by atoms with Crippen LogP contribution in [-0.4, -0.2) is 23.1 Å². The molecule has 1 heterocycles. The largest absolute Gasteiger partial charge is 0.476 e. The average molecular weight is 224 g/mol. The summed E-state index contributed by atoms with van der Waals surface area (Å²) in [6.45, 7) is 9.29. The molecule has 0 spiro atoms. The van der Waals surface area contributed by atoms with Gasteiger partial charge in [-0.2, -0.15) is 4.98 Å². The summed E-state index contributed by atoms with van der Waals surface area (Å²) in [6, 6.07) is 0. The summed E-state index contributed by atoms with van der Waals surface area (Å²) in [4.78, 5) is 8.68. The second kappa shape index (κ2) is 5.53. The molecule has 3 N–H and O–H groups in total. The van der Waals surface area contributed by atoms with Gasteiger partial charge in [0.05, 0.1) is 6.61 Å². The van der Waals surface area contributed by atoms with E-state index in [0.29, 0.717) is 24.0 Å². The quantitative estimate of drug-likeness (QED) is 0.800. The van der Waals surface area contributed by atoms with Crippen molar-refractivity contribution in [3.05, 3.63) is 5.82 Å². The minimum absolute atomic E-state index is 0.247. The molecule has 1 aromatic heterocycles. The van der Waals surface area contributed by atoms with Crippen molar-refractivity contribution in [2.75, 3.05) is 24.2 Å². The van der Waals surface area contributed by atoms with Crippen LogP contribution in [0, 0.1) is 0 Å². The Labute approximate surface area is 96.4 Å². The number of ether oxygens (including phenoxy) is 1. The summed E-state index contributed by atoms with van der Waals surface area (Å²) in [5.74, 6) is 2.12. The van der Waals surface area contributed by atoms with Gasteiger partial charge in [-0.3, -0.25) is 0 Å². The highest BCUT2D eigenvalue weighted by Crippen LogP contribution is 2.27. The standard InChI is InChI=1S/C11H20N4O/c1-5-13-10-8(12)11(16-6-2)15-9(14-10)7(3)4/h7H,5-6,12H2,1-4H3,(H,13,14,15). The Morgan fingerprint density at radius 1 is 1.31 bits per heavy atom. The Kier molecular flexibility index (Phi) is 4.34. The Hall–Kier alpha value is -1.52. The van der Waals surface area contributed by atoms with Crippen LogP contribution in [0.25, 0.3) is 0 Å². The lowest BCUT2D eigenvalue weighted by molar-refractivity contribution is 0.326. The van der Waals surface area contributed by atoms with Crippen LogP contribution in [0.15, 0.2) is 0 Å². The number of nitrogen functional groups attached to an aromatic ring is 1. The van der Waals surface area contributed by atoms with Crippen LogP contribution >= 0.6 is 0 Å². The van der Waals surface area contributed by atoms with Gasteiger partial charge in [0.15, 0.2) is 5.82 Å². The molecule has 0 amide bonds. The van der Waals surface area contributed by atoms with Gasteiger partial charge in [-0.1, -0.05) is 13.8 Å². The lowest BCUT2D eigenvalue weighted by atomic mass is 10.2. The molecule has 0 bridgehead atoms. The zero-order chi connectivity index (χ0) is 12.1. The smallest absolute Gasteiger partial charge is 0.242 e. The molecular weight excluding hydrogens is 204 g/mol. The van der Waals surface area contributed by atoms with Crippen LogP contribution in [0.5, 0.6) is 5.88 Å². The van der Waals surface area contributed by atoms with Crippen molar-refractivity contribution < 1.29 is 4.74 Å². The summed E-state index contributed by atoms with van der Waals surface area (Å²) in [5.41, 5.74) is 6.39. The fourth-order valence-corrected chi connectivity index (χ4v) is 1.27. The molecule has 0 radical (unpaired) electrons. The third-order valence-electron chi connectivity index (χ3n) is 2.07. The van der Waals surface area contributed by atoms with Gasteiger partial charge in [-0.05, 0) is 13.8 Å². The minimum Gasteiger partial charge on any atom is -0.476 e. The van der Waals surface area contributed by atoms with Crippen LogP contribution < -0.4 is 15.8 Å². The maximum atomic E-state index is 5.91. The predicted molar refractivity (Wildman–Crippen MR) is 65.9 cm³/mol. The SMILES string of the molecule is CCNc1nc(C(C)C)nc(OCC)c1N. The van der Waals surface area contributed by atoms with Gasteiger partial charge in [0.1, 0.15) is 11.5 Å². The summed E-state index contributed by atoms with van der Waals surface area (Å²) in [6.07, 6.45) is 0. The Morgan fingerprint density at radius 2 is 2.00 bits per heavy atom. The molecule has 0 atom stereocenters. The van der Waals surface area contributed by atoms with E-state index in [2.05, 4.69) is 15.3 Å². The third kappa shape index (κ3) is 2.74. The zero-order valence-electron chi connectivity index (χ0n) is 10.4. The fourth-order valence-electron chi connectivity index (χ4n) is 1.27. The van der Waals surface area contributed by atoms with Gasteiger partial charge in [0.2, 0.25) is 5.88 Å². The number of aromatic nitrogens is 2. The van der Waals surface area contributed by atoms with E-state index >= 15 is 0 Å². The first-order valence-electron chi connectivity index (χ1n) is 5.64. The van der Waals surface area contributed by atoms with E-state index in [0.717, 1.165) is 12.4 Å². The van der Waals surface area contributed by atoms with E-state index in [1.54, 1.807) is 0 Å². The van der Waals surface area contributed by atoms with Crippen molar-refractivity contribution >= 4 is 11.5 Å². The third-order valence-corrected chi connectivity index (χ3v) is 2.07. The molecule has 1 aromatic rings. The molecule has 5 heteroatoms. The zero-order valence-corrected chi connectivity index (χ0v) is 10.4. The fraction of sp³-hybridized carbons (Fsp3) is 0.636. The van der Waals surface area contributed by atoms with Crippen LogP contribution in [0.3, 0.4) is 0 Å². The molecule has 90 valence electrons. The number of nitrogens with one attached hydrogen (secondary N) is 1. The Morgan fingerprint density at radius 3 is 2.50 bits per heavy atom. The highest BCUT2D eigenvalue weighted by molar-refractivity contribution is 5.66. The highest BCUT2D eigenvalue weighted by atomic mass is 16.5. The first kappa shape index (κ1) is 12.5. The highest BCUT2D eigenvalue weighted by Gasteiger charge is 2.14. The number of nitrogens with two attached hydrogens (primary N) is 1. The summed E-state index contributed by atoms with van der Waals surface area (Å²) in [5, 5.41) is 3.11. The topological polar surface area (TPSA) is 73.1 Å². The van der Waals surface area contributed by atoms with Crippen molar-refractivity contribution in [2.45, 2.75) is 33.6 Å². The van der Waals surface area contributed by atoms with Gasteiger partial charge in [-0.25, -0.2) is 4.98 Å². The van der Waals surface area contributed by atoms with Crippen molar-refractivity contribution in [1.29, 1.82) is 0 Å². The molecule has 0 saturated carbocycles. The molecule has 0 unspecified atom stereocenters. The molecule has 16 heavy (non-hydrogen) atoms. The van der Waals surface area contributed by atoms with Crippen LogP contribution in [0.4, 0.5) is 11.5 Å². The second-order valence-corrected chi connectivity index (χ2v) is 3.77. The van der Waals surface area contributed by atoms with Gasteiger partial charge < -0.3 is 15.8 Å². The first-order chi connectivity index (χ1) is 7.60. The molecule has 0 aliphatic carbocycles. The van der Waals surface area contributed by atoms with Crippen molar-refractivity contribution in [2.24, 2.45) is 0 Å². The van der Waals surface area contributed by atoms with E-state index in [1.165, 1.54) is 0 Å². The van der Waals surface area contributed by atoms with Crippen LogP contribution in [0.1, 0.15) is 39.4 Å². The van der Waals surface area contributed by atoms with Gasteiger partial charge in [0, 0.05) is 12.5 Å².